The second kappa shape index (κ2) is 8.41. The highest BCUT2D eigenvalue weighted by Gasteiger charge is 2.53. The van der Waals surface area contributed by atoms with Crippen LogP contribution in [0.25, 0.3) is 21.8 Å². The molecule has 36 heavy (non-hydrogen) atoms. The van der Waals surface area contributed by atoms with Crippen LogP contribution >= 0.6 is 0 Å². The molecule has 0 amide bonds. The van der Waals surface area contributed by atoms with E-state index in [4.69, 9.17) is 4.74 Å². The zero-order valence-electron chi connectivity index (χ0n) is 21.5. The molecule has 1 aliphatic rings. The summed E-state index contributed by atoms with van der Waals surface area (Å²) in [6, 6.07) is 25.1. The molecule has 0 saturated carbocycles. The van der Waals surface area contributed by atoms with Crippen LogP contribution in [0.3, 0.4) is 0 Å². The molecular weight excluding hydrogens is 444 g/mol. The Bertz CT molecular complexity index is 1550. The van der Waals surface area contributed by atoms with Crippen LogP contribution in [0.2, 0.25) is 0 Å². The van der Waals surface area contributed by atoms with Crippen LogP contribution in [0, 0.1) is 0 Å². The van der Waals surface area contributed by atoms with E-state index in [1.165, 1.54) is 22.4 Å². The summed E-state index contributed by atoms with van der Waals surface area (Å²) in [5.74, 6) is -0.253. The van der Waals surface area contributed by atoms with Gasteiger partial charge in [0.2, 0.25) is 0 Å². The van der Waals surface area contributed by atoms with Gasteiger partial charge in [-0.25, -0.2) is 4.79 Å². The van der Waals surface area contributed by atoms with Gasteiger partial charge in [0.25, 0.3) is 0 Å². The molecule has 0 saturated heterocycles. The number of aryl methyl sites for hydroxylation is 2. The maximum atomic E-state index is 13.6. The Morgan fingerprint density at radius 2 is 1.14 bits per heavy atom. The molecule has 3 heterocycles. The lowest BCUT2D eigenvalue weighted by molar-refractivity contribution is 0.0254. The summed E-state index contributed by atoms with van der Waals surface area (Å²) in [6.45, 7) is 10.5. The lowest BCUT2D eigenvalue weighted by Crippen LogP contribution is -2.32. The zero-order chi connectivity index (χ0) is 25.0. The SMILES string of the molecule is CCc1c(C2(c3c(CC)n(CC)c4ccccc34)OC(=O)c3ccccc32)c2ccccc2n1CC. The highest BCUT2D eigenvalue weighted by atomic mass is 16.6. The Labute approximate surface area is 212 Å². The Balaban J connectivity index is 1.89. The van der Waals surface area contributed by atoms with Crippen molar-refractivity contribution in [2.75, 3.05) is 0 Å². The van der Waals surface area contributed by atoms with Crippen LogP contribution in [0.15, 0.2) is 72.8 Å². The molecule has 1 aliphatic heterocycles. The first-order valence-electron chi connectivity index (χ1n) is 13.2. The summed E-state index contributed by atoms with van der Waals surface area (Å²) in [4.78, 5) is 13.6. The van der Waals surface area contributed by atoms with Crippen molar-refractivity contribution in [2.24, 2.45) is 0 Å². The van der Waals surface area contributed by atoms with Crippen LogP contribution in [0.1, 0.15) is 66.1 Å². The minimum Gasteiger partial charge on any atom is -0.440 e. The summed E-state index contributed by atoms with van der Waals surface area (Å²) in [5, 5.41) is 2.30. The highest BCUT2D eigenvalue weighted by Crippen LogP contribution is 2.54. The number of rotatable bonds is 6. The van der Waals surface area contributed by atoms with E-state index in [0.717, 1.165) is 53.4 Å². The van der Waals surface area contributed by atoms with Gasteiger partial charge in [-0.15, -0.1) is 0 Å². The molecule has 0 fully saturated rings. The Hall–Kier alpha value is -3.79. The van der Waals surface area contributed by atoms with Gasteiger partial charge in [0.15, 0.2) is 5.60 Å². The number of fused-ring (bicyclic) bond motifs is 3. The van der Waals surface area contributed by atoms with Crippen molar-refractivity contribution in [3.63, 3.8) is 0 Å². The fourth-order valence-corrected chi connectivity index (χ4v) is 6.67. The van der Waals surface area contributed by atoms with Gasteiger partial charge < -0.3 is 13.9 Å². The largest absolute Gasteiger partial charge is 0.440 e. The number of hydrogen-bond donors (Lipinski definition) is 0. The number of benzene rings is 3. The molecule has 4 nitrogen and oxygen atoms in total. The minimum absolute atomic E-state index is 0.253. The molecule has 3 aromatic carbocycles. The summed E-state index contributed by atoms with van der Waals surface area (Å²) < 4.78 is 11.5. The molecule has 0 bridgehead atoms. The van der Waals surface area contributed by atoms with Crippen LogP contribution in [-0.4, -0.2) is 15.1 Å². The second-order valence-electron chi connectivity index (χ2n) is 9.49. The van der Waals surface area contributed by atoms with Crippen LogP contribution < -0.4 is 0 Å². The molecule has 0 unspecified atom stereocenters. The number of carbonyl (C=O) groups is 1. The Morgan fingerprint density at radius 3 is 1.64 bits per heavy atom. The van der Waals surface area contributed by atoms with Gasteiger partial charge in [0, 0.05) is 63.0 Å². The molecule has 0 spiro atoms. The predicted molar refractivity (Wildman–Crippen MR) is 146 cm³/mol. The van der Waals surface area contributed by atoms with Crippen molar-refractivity contribution in [2.45, 2.75) is 59.2 Å². The monoisotopic (exact) mass is 476 g/mol. The first-order chi connectivity index (χ1) is 17.6. The van der Waals surface area contributed by atoms with Crippen LogP contribution in [0.4, 0.5) is 0 Å². The Morgan fingerprint density at radius 1 is 0.667 bits per heavy atom. The number of nitrogens with zero attached hydrogens (tertiary/aromatic N) is 2. The van der Waals surface area contributed by atoms with Gasteiger partial charge in [0.1, 0.15) is 0 Å². The standard InChI is InChI=1S/C32H32N2O2/c1-5-25-29(22-16-10-13-19-27(22)33(25)7-3)32(24-18-12-9-15-21(24)31(35)36-32)30-23-17-11-14-20-28(23)34(8-4)26(30)6-2/h9-20H,5-8H2,1-4H3. The molecule has 2 aromatic heterocycles. The average Bonchev–Trinajstić information content (AvgIpc) is 3.53. The molecular formula is C32H32N2O2. The predicted octanol–water partition coefficient (Wildman–Crippen LogP) is 7.22. The molecule has 5 aromatic rings. The van der Waals surface area contributed by atoms with E-state index in [0.29, 0.717) is 5.56 Å². The molecule has 6 rings (SSSR count). The number of esters is 1. The van der Waals surface area contributed by atoms with Crippen LogP contribution in [0.5, 0.6) is 0 Å². The summed E-state index contributed by atoms with van der Waals surface area (Å²) in [7, 11) is 0. The van der Waals surface area contributed by atoms with E-state index in [9.17, 15) is 4.79 Å². The van der Waals surface area contributed by atoms with E-state index >= 15 is 0 Å². The number of carbonyl (C=O) groups excluding carboxylic acids is 1. The van der Waals surface area contributed by atoms with Crippen molar-refractivity contribution < 1.29 is 9.53 Å². The lowest BCUT2D eigenvalue weighted by Gasteiger charge is -2.32. The number of para-hydroxylation sites is 2. The topological polar surface area (TPSA) is 36.2 Å². The summed E-state index contributed by atoms with van der Waals surface area (Å²) >= 11 is 0. The first kappa shape index (κ1) is 22.7. The highest BCUT2D eigenvalue weighted by molar-refractivity contribution is 6.01. The molecule has 0 N–H and O–H groups in total. The average molecular weight is 477 g/mol. The maximum Gasteiger partial charge on any atom is 0.340 e. The second-order valence-corrected chi connectivity index (χ2v) is 9.49. The third kappa shape index (κ3) is 2.78. The fraction of sp³-hybridized carbons (Fsp3) is 0.281. The van der Waals surface area contributed by atoms with E-state index in [2.05, 4.69) is 91.4 Å². The number of ether oxygens (including phenoxy) is 1. The van der Waals surface area contributed by atoms with Gasteiger partial charge in [-0.05, 0) is 44.9 Å². The van der Waals surface area contributed by atoms with Gasteiger partial charge in [-0.2, -0.15) is 0 Å². The first-order valence-corrected chi connectivity index (χ1v) is 13.2. The quantitative estimate of drug-likeness (QED) is 0.243. The van der Waals surface area contributed by atoms with Crippen molar-refractivity contribution in [1.29, 1.82) is 0 Å². The number of hydrogen-bond acceptors (Lipinski definition) is 2. The van der Waals surface area contributed by atoms with Gasteiger partial charge >= 0.3 is 5.97 Å². The van der Waals surface area contributed by atoms with Crippen molar-refractivity contribution in [3.05, 3.63) is 106 Å². The normalized spacial score (nSPS) is 14.5. The van der Waals surface area contributed by atoms with Gasteiger partial charge in [0.05, 0.1) is 5.56 Å². The zero-order valence-corrected chi connectivity index (χ0v) is 21.5. The van der Waals surface area contributed by atoms with E-state index in [1.54, 1.807) is 0 Å². The van der Waals surface area contributed by atoms with Gasteiger partial charge in [-0.1, -0.05) is 68.4 Å². The van der Waals surface area contributed by atoms with Crippen LogP contribution in [-0.2, 0) is 36.3 Å². The molecule has 4 heteroatoms. The molecule has 182 valence electrons. The van der Waals surface area contributed by atoms with E-state index < -0.39 is 5.60 Å². The molecule has 0 atom stereocenters. The van der Waals surface area contributed by atoms with Gasteiger partial charge in [-0.3, -0.25) is 0 Å². The number of cyclic esters (lactones) is 1. The minimum atomic E-state index is -1.02. The Kier molecular flexibility index (Phi) is 5.29. The van der Waals surface area contributed by atoms with E-state index in [-0.39, 0.29) is 5.97 Å². The third-order valence-electron chi connectivity index (χ3n) is 7.94. The van der Waals surface area contributed by atoms with E-state index in [1.807, 2.05) is 18.2 Å². The van der Waals surface area contributed by atoms with Crippen molar-refractivity contribution in [3.8, 4) is 0 Å². The smallest absolute Gasteiger partial charge is 0.340 e. The molecule has 0 aliphatic carbocycles. The van der Waals surface area contributed by atoms with Crippen molar-refractivity contribution in [1.82, 2.24) is 9.13 Å². The molecule has 0 radical (unpaired) electrons. The number of aromatic nitrogens is 2. The summed E-state index contributed by atoms with van der Waals surface area (Å²) in [5.41, 5.74) is 7.60. The third-order valence-corrected chi connectivity index (χ3v) is 7.94. The summed E-state index contributed by atoms with van der Waals surface area (Å²) in [6.07, 6.45) is 1.68. The fourth-order valence-electron chi connectivity index (χ4n) is 6.67. The lowest BCUT2D eigenvalue weighted by atomic mass is 9.76. The van der Waals surface area contributed by atoms with Crippen molar-refractivity contribution >= 4 is 27.8 Å². The maximum absolute atomic E-state index is 13.6.